The van der Waals surface area contributed by atoms with Gasteiger partial charge in [-0.3, -0.25) is 4.79 Å². The Labute approximate surface area is 103 Å². The number of likely N-dealkylation sites (tertiary alicyclic amines) is 1. The summed E-state index contributed by atoms with van der Waals surface area (Å²) >= 11 is 0. The topological polar surface area (TPSA) is 52.6 Å². The average Bonchev–Trinajstić information content (AvgIpc) is 2.86. The number of hydrogen-bond acceptors (Lipinski definition) is 3. The molecule has 2 rings (SSSR count). The van der Waals surface area contributed by atoms with Gasteiger partial charge >= 0.3 is 0 Å². The number of piperidine rings is 1. The number of hydrogen-bond donors (Lipinski definition) is 2. The molecule has 0 bridgehead atoms. The van der Waals surface area contributed by atoms with Crippen molar-refractivity contribution in [3.05, 3.63) is 0 Å². The molecule has 2 aliphatic rings. The Morgan fingerprint density at radius 3 is 2.88 bits per heavy atom. The molecule has 0 aliphatic carbocycles. The van der Waals surface area contributed by atoms with Crippen molar-refractivity contribution in [1.82, 2.24) is 10.2 Å². The molecule has 0 aromatic heterocycles. The zero-order valence-electron chi connectivity index (χ0n) is 10.5. The standard InChI is InChI=1S/C13H24N2O2/c16-10-11-6-8-15(9-11)13(17)5-4-12-3-1-2-7-14-12/h11-12,14,16H,1-10H2. The molecule has 98 valence electrons. The summed E-state index contributed by atoms with van der Waals surface area (Å²) in [4.78, 5) is 13.9. The largest absolute Gasteiger partial charge is 0.396 e. The molecule has 2 fully saturated rings. The molecule has 0 radical (unpaired) electrons. The highest BCUT2D eigenvalue weighted by atomic mass is 16.3. The minimum Gasteiger partial charge on any atom is -0.396 e. The summed E-state index contributed by atoms with van der Waals surface area (Å²) in [5.41, 5.74) is 0. The normalized spacial score (nSPS) is 29.6. The van der Waals surface area contributed by atoms with E-state index in [1.54, 1.807) is 0 Å². The smallest absolute Gasteiger partial charge is 0.222 e. The zero-order valence-corrected chi connectivity index (χ0v) is 10.5. The third-order valence-electron chi connectivity index (χ3n) is 4.02. The van der Waals surface area contributed by atoms with Crippen molar-refractivity contribution >= 4 is 5.91 Å². The first kappa shape index (κ1) is 12.8. The molecule has 17 heavy (non-hydrogen) atoms. The van der Waals surface area contributed by atoms with E-state index in [0.29, 0.717) is 18.4 Å². The van der Waals surface area contributed by atoms with Crippen molar-refractivity contribution in [2.75, 3.05) is 26.2 Å². The second kappa shape index (κ2) is 6.36. The van der Waals surface area contributed by atoms with E-state index in [4.69, 9.17) is 5.11 Å². The summed E-state index contributed by atoms with van der Waals surface area (Å²) in [5, 5.41) is 12.5. The fourth-order valence-electron chi connectivity index (χ4n) is 2.83. The second-order valence-electron chi connectivity index (χ2n) is 5.36. The highest BCUT2D eigenvalue weighted by Crippen LogP contribution is 2.18. The molecule has 2 aliphatic heterocycles. The molecular weight excluding hydrogens is 216 g/mol. The maximum absolute atomic E-state index is 12.0. The van der Waals surface area contributed by atoms with Gasteiger partial charge in [0.25, 0.3) is 0 Å². The first-order valence-electron chi connectivity index (χ1n) is 6.91. The van der Waals surface area contributed by atoms with Gasteiger partial charge in [0.05, 0.1) is 0 Å². The summed E-state index contributed by atoms with van der Waals surface area (Å²) < 4.78 is 0. The van der Waals surface area contributed by atoms with Gasteiger partial charge in [0.2, 0.25) is 5.91 Å². The predicted molar refractivity (Wildman–Crippen MR) is 66.6 cm³/mol. The van der Waals surface area contributed by atoms with Crippen molar-refractivity contribution in [2.45, 2.75) is 44.6 Å². The molecular formula is C13H24N2O2. The van der Waals surface area contributed by atoms with Crippen LogP contribution in [0, 0.1) is 5.92 Å². The van der Waals surface area contributed by atoms with E-state index < -0.39 is 0 Å². The van der Waals surface area contributed by atoms with Gasteiger partial charge in [-0.1, -0.05) is 6.42 Å². The van der Waals surface area contributed by atoms with E-state index in [2.05, 4.69) is 5.32 Å². The van der Waals surface area contributed by atoms with Gasteiger partial charge < -0.3 is 15.3 Å². The number of aliphatic hydroxyl groups excluding tert-OH is 1. The van der Waals surface area contributed by atoms with Crippen LogP contribution in [0.1, 0.15) is 38.5 Å². The van der Waals surface area contributed by atoms with Gasteiger partial charge in [0, 0.05) is 38.1 Å². The van der Waals surface area contributed by atoms with E-state index in [9.17, 15) is 4.79 Å². The average molecular weight is 240 g/mol. The quantitative estimate of drug-likeness (QED) is 0.762. The van der Waals surface area contributed by atoms with Crippen LogP contribution in [-0.2, 0) is 4.79 Å². The Morgan fingerprint density at radius 1 is 1.35 bits per heavy atom. The molecule has 2 atom stereocenters. The number of nitrogens with zero attached hydrogens (tertiary/aromatic N) is 1. The summed E-state index contributed by atoms with van der Waals surface area (Å²) in [6.45, 7) is 2.92. The van der Waals surface area contributed by atoms with Gasteiger partial charge in [0.1, 0.15) is 0 Å². The highest BCUT2D eigenvalue weighted by Gasteiger charge is 2.25. The summed E-state index contributed by atoms with van der Waals surface area (Å²) in [5.74, 6) is 0.583. The third kappa shape index (κ3) is 3.68. The molecule has 4 nitrogen and oxygen atoms in total. The van der Waals surface area contributed by atoms with Crippen LogP contribution in [0.4, 0.5) is 0 Å². The Kier molecular flexibility index (Phi) is 4.80. The van der Waals surface area contributed by atoms with Crippen LogP contribution >= 0.6 is 0 Å². The molecule has 2 unspecified atom stereocenters. The fraction of sp³-hybridized carbons (Fsp3) is 0.923. The Bertz CT molecular complexity index is 252. The van der Waals surface area contributed by atoms with E-state index in [-0.39, 0.29) is 12.5 Å². The highest BCUT2D eigenvalue weighted by molar-refractivity contribution is 5.76. The molecule has 2 saturated heterocycles. The lowest BCUT2D eigenvalue weighted by molar-refractivity contribution is -0.130. The van der Waals surface area contributed by atoms with E-state index >= 15 is 0 Å². The second-order valence-corrected chi connectivity index (χ2v) is 5.36. The monoisotopic (exact) mass is 240 g/mol. The van der Waals surface area contributed by atoms with Crippen LogP contribution in [0.5, 0.6) is 0 Å². The summed E-state index contributed by atoms with van der Waals surface area (Å²) in [7, 11) is 0. The number of aliphatic hydroxyl groups is 1. The van der Waals surface area contributed by atoms with Crippen LogP contribution < -0.4 is 5.32 Å². The Hall–Kier alpha value is -0.610. The van der Waals surface area contributed by atoms with Crippen LogP contribution in [0.3, 0.4) is 0 Å². The minimum absolute atomic E-state index is 0.216. The molecule has 0 saturated carbocycles. The van der Waals surface area contributed by atoms with Crippen molar-refractivity contribution in [3.8, 4) is 0 Å². The molecule has 1 amide bonds. The predicted octanol–water partition coefficient (Wildman–Crippen LogP) is 0.749. The van der Waals surface area contributed by atoms with Crippen LogP contribution in [0.15, 0.2) is 0 Å². The molecule has 4 heteroatoms. The minimum atomic E-state index is 0.216. The molecule has 2 heterocycles. The van der Waals surface area contributed by atoms with Gasteiger partial charge in [0.15, 0.2) is 0 Å². The number of rotatable bonds is 4. The number of nitrogens with one attached hydrogen (secondary N) is 1. The van der Waals surface area contributed by atoms with Gasteiger partial charge in [-0.05, 0) is 32.2 Å². The molecule has 0 aromatic carbocycles. The Morgan fingerprint density at radius 2 is 2.24 bits per heavy atom. The maximum Gasteiger partial charge on any atom is 0.222 e. The van der Waals surface area contributed by atoms with Gasteiger partial charge in [-0.2, -0.15) is 0 Å². The van der Waals surface area contributed by atoms with Crippen molar-refractivity contribution < 1.29 is 9.90 Å². The first-order chi connectivity index (χ1) is 8.29. The van der Waals surface area contributed by atoms with Gasteiger partial charge in [-0.15, -0.1) is 0 Å². The number of carbonyl (C=O) groups is 1. The van der Waals surface area contributed by atoms with Gasteiger partial charge in [-0.25, -0.2) is 0 Å². The SMILES string of the molecule is O=C(CCC1CCCCN1)N1CCC(CO)C1. The van der Waals surface area contributed by atoms with E-state index in [0.717, 1.165) is 32.5 Å². The van der Waals surface area contributed by atoms with E-state index in [1.807, 2.05) is 4.90 Å². The van der Waals surface area contributed by atoms with Crippen LogP contribution in [0.25, 0.3) is 0 Å². The molecule has 0 spiro atoms. The lowest BCUT2D eigenvalue weighted by atomic mass is 10.0. The maximum atomic E-state index is 12.0. The molecule has 2 N–H and O–H groups in total. The molecule has 0 aromatic rings. The van der Waals surface area contributed by atoms with Crippen LogP contribution in [0.2, 0.25) is 0 Å². The van der Waals surface area contributed by atoms with Crippen molar-refractivity contribution in [1.29, 1.82) is 0 Å². The van der Waals surface area contributed by atoms with Crippen LogP contribution in [-0.4, -0.2) is 48.2 Å². The third-order valence-corrected chi connectivity index (χ3v) is 4.02. The van der Waals surface area contributed by atoms with E-state index in [1.165, 1.54) is 19.3 Å². The Balaban J connectivity index is 1.66. The first-order valence-corrected chi connectivity index (χ1v) is 6.91. The fourth-order valence-corrected chi connectivity index (χ4v) is 2.83. The number of amides is 1. The summed E-state index contributed by atoms with van der Waals surface area (Å²) in [6.07, 6.45) is 6.38. The zero-order chi connectivity index (χ0) is 12.1. The van der Waals surface area contributed by atoms with Crippen molar-refractivity contribution in [2.24, 2.45) is 5.92 Å². The van der Waals surface area contributed by atoms with Crippen molar-refractivity contribution in [3.63, 3.8) is 0 Å². The number of carbonyl (C=O) groups excluding carboxylic acids is 1. The lowest BCUT2D eigenvalue weighted by Gasteiger charge is -2.24. The summed E-state index contributed by atoms with van der Waals surface area (Å²) in [6, 6.07) is 0.545. The lowest BCUT2D eigenvalue weighted by Crippen LogP contribution is -2.36.